The van der Waals surface area contributed by atoms with Gasteiger partial charge in [0.2, 0.25) is 0 Å². The van der Waals surface area contributed by atoms with Crippen molar-refractivity contribution >= 4 is 15.9 Å². The number of hydrogen-bond donors (Lipinski definition) is 2. The molecule has 1 aliphatic heterocycles. The molecule has 1 aromatic rings. The zero-order valence-corrected chi connectivity index (χ0v) is 10.6. The molecule has 0 spiro atoms. The van der Waals surface area contributed by atoms with Crippen molar-refractivity contribution in [1.29, 1.82) is 5.26 Å². The molecule has 6 nitrogen and oxygen atoms in total. The molecule has 1 aromatic carbocycles. The molecule has 0 unspecified atom stereocenters. The minimum Gasteiger partial charge on any atom is -0.314 e. The summed E-state index contributed by atoms with van der Waals surface area (Å²) in [6.07, 6.45) is 0. The Morgan fingerprint density at radius 1 is 1.28 bits per heavy atom. The first-order chi connectivity index (χ1) is 8.63. The Morgan fingerprint density at radius 2 is 1.94 bits per heavy atom. The van der Waals surface area contributed by atoms with E-state index in [1.54, 1.807) is 24.3 Å². The molecule has 0 aliphatic carbocycles. The molecule has 0 saturated carbocycles. The maximum absolute atomic E-state index is 12.1. The lowest BCUT2D eigenvalue weighted by molar-refractivity contribution is 0.362. The van der Waals surface area contributed by atoms with Crippen molar-refractivity contribution in [3.05, 3.63) is 29.8 Å². The molecular formula is C11H14N4O2S. The fraction of sp³-hybridized carbons (Fsp3) is 0.364. The van der Waals surface area contributed by atoms with Crippen LogP contribution in [0.1, 0.15) is 5.56 Å². The van der Waals surface area contributed by atoms with Crippen LogP contribution in [0.4, 0.5) is 5.69 Å². The first kappa shape index (κ1) is 12.8. The van der Waals surface area contributed by atoms with E-state index in [1.165, 1.54) is 4.31 Å². The molecule has 0 atom stereocenters. The van der Waals surface area contributed by atoms with Crippen LogP contribution in [0.3, 0.4) is 0 Å². The highest BCUT2D eigenvalue weighted by Gasteiger charge is 2.24. The van der Waals surface area contributed by atoms with Gasteiger partial charge in [0, 0.05) is 26.2 Å². The largest absolute Gasteiger partial charge is 0.314 e. The van der Waals surface area contributed by atoms with Crippen molar-refractivity contribution in [2.45, 2.75) is 0 Å². The van der Waals surface area contributed by atoms with Crippen molar-refractivity contribution < 1.29 is 8.42 Å². The molecular weight excluding hydrogens is 252 g/mol. The first-order valence-corrected chi connectivity index (χ1v) is 7.05. The van der Waals surface area contributed by atoms with Crippen LogP contribution in [-0.4, -0.2) is 38.9 Å². The highest BCUT2D eigenvalue weighted by atomic mass is 32.2. The summed E-state index contributed by atoms with van der Waals surface area (Å²) in [6, 6.07) is 8.51. The van der Waals surface area contributed by atoms with Crippen LogP contribution in [0.25, 0.3) is 0 Å². The number of nitrogens with zero attached hydrogens (tertiary/aromatic N) is 2. The van der Waals surface area contributed by atoms with Crippen molar-refractivity contribution in [2.24, 2.45) is 0 Å². The molecule has 96 valence electrons. The number of nitriles is 1. The van der Waals surface area contributed by atoms with E-state index in [2.05, 4.69) is 10.0 Å². The Balaban J connectivity index is 2.19. The van der Waals surface area contributed by atoms with Crippen molar-refractivity contribution in [3.8, 4) is 6.07 Å². The Bertz CT molecular complexity index is 559. The van der Waals surface area contributed by atoms with Crippen LogP contribution < -0.4 is 10.0 Å². The Labute approximate surface area is 106 Å². The van der Waals surface area contributed by atoms with E-state index >= 15 is 0 Å². The second-order valence-electron chi connectivity index (χ2n) is 3.91. The van der Waals surface area contributed by atoms with Gasteiger partial charge in [-0.25, -0.2) is 0 Å². The summed E-state index contributed by atoms with van der Waals surface area (Å²) < 4.78 is 28.0. The average Bonchev–Trinajstić information content (AvgIpc) is 2.40. The quantitative estimate of drug-likeness (QED) is 0.813. The Kier molecular flexibility index (Phi) is 3.81. The summed E-state index contributed by atoms with van der Waals surface area (Å²) in [7, 11) is -3.58. The monoisotopic (exact) mass is 266 g/mol. The van der Waals surface area contributed by atoms with Crippen LogP contribution in [0.5, 0.6) is 0 Å². The third-order valence-corrected chi connectivity index (χ3v) is 4.23. The van der Waals surface area contributed by atoms with Gasteiger partial charge in [0.05, 0.1) is 11.3 Å². The van der Waals surface area contributed by atoms with Crippen molar-refractivity contribution in [1.82, 2.24) is 9.62 Å². The van der Waals surface area contributed by atoms with Crippen LogP contribution >= 0.6 is 0 Å². The van der Waals surface area contributed by atoms with Gasteiger partial charge in [-0.05, 0) is 12.1 Å². The maximum Gasteiger partial charge on any atom is 0.301 e. The number of benzene rings is 1. The molecule has 2 N–H and O–H groups in total. The molecule has 18 heavy (non-hydrogen) atoms. The maximum atomic E-state index is 12.1. The molecule has 1 heterocycles. The summed E-state index contributed by atoms with van der Waals surface area (Å²) >= 11 is 0. The second kappa shape index (κ2) is 5.35. The number of para-hydroxylation sites is 1. The van der Waals surface area contributed by atoms with Crippen molar-refractivity contribution in [2.75, 3.05) is 30.9 Å². The predicted octanol–water partition coefficient (Wildman–Crippen LogP) is 0.120. The minimum absolute atomic E-state index is 0.316. The number of rotatable bonds is 3. The summed E-state index contributed by atoms with van der Waals surface area (Å²) in [5.74, 6) is 0. The highest BCUT2D eigenvalue weighted by Crippen LogP contribution is 2.16. The fourth-order valence-electron chi connectivity index (χ4n) is 1.76. The van der Waals surface area contributed by atoms with Crippen molar-refractivity contribution in [3.63, 3.8) is 0 Å². The van der Waals surface area contributed by atoms with Crippen LogP contribution in [0.2, 0.25) is 0 Å². The van der Waals surface area contributed by atoms with Gasteiger partial charge in [-0.2, -0.15) is 18.0 Å². The van der Waals surface area contributed by atoms with Gasteiger partial charge in [0.1, 0.15) is 6.07 Å². The second-order valence-corrected chi connectivity index (χ2v) is 5.58. The van der Waals surface area contributed by atoms with Gasteiger partial charge < -0.3 is 5.32 Å². The molecule has 2 rings (SSSR count). The smallest absolute Gasteiger partial charge is 0.301 e. The van der Waals surface area contributed by atoms with Gasteiger partial charge in [-0.1, -0.05) is 12.1 Å². The lowest BCUT2D eigenvalue weighted by Gasteiger charge is -2.27. The SMILES string of the molecule is N#Cc1ccccc1NS(=O)(=O)N1CCNCC1. The van der Waals surface area contributed by atoms with Gasteiger partial charge in [0.25, 0.3) is 0 Å². The molecule has 1 saturated heterocycles. The topological polar surface area (TPSA) is 85.2 Å². The summed E-state index contributed by atoms with van der Waals surface area (Å²) in [4.78, 5) is 0. The third kappa shape index (κ3) is 2.79. The van der Waals surface area contributed by atoms with Crippen LogP contribution in [0, 0.1) is 11.3 Å². The molecule has 0 amide bonds. The molecule has 0 radical (unpaired) electrons. The summed E-state index contributed by atoms with van der Waals surface area (Å²) in [5, 5.41) is 12.0. The number of anilines is 1. The third-order valence-electron chi connectivity index (χ3n) is 2.70. The van der Waals surface area contributed by atoms with Gasteiger partial charge >= 0.3 is 10.2 Å². The molecule has 0 aromatic heterocycles. The summed E-state index contributed by atoms with van der Waals surface area (Å²) in [5.41, 5.74) is 0.634. The standard InChI is InChI=1S/C11H14N4O2S/c12-9-10-3-1-2-4-11(10)14-18(16,17)15-7-5-13-6-8-15/h1-4,13-14H,5-8H2. The van der Waals surface area contributed by atoms with E-state index in [1.807, 2.05) is 6.07 Å². The normalized spacial score (nSPS) is 17.1. The number of hydrogen-bond acceptors (Lipinski definition) is 4. The first-order valence-electron chi connectivity index (χ1n) is 5.61. The van der Waals surface area contributed by atoms with Gasteiger partial charge in [-0.3, -0.25) is 4.72 Å². The van der Waals surface area contributed by atoms with Crippen LogP contribution in [-0.2, 0) is 10.2 Å². The minimum atomic E-state index is -3.58. The van der Waals surface area contributed by atoms with Gasteiger partial charge in [-0.15, -0.1) is 0 Å². The van der Waals surface area contributed by atoms with E-state index < -0.39 is 10.2 Å². The number of nitrogens with one attached hydrogen (secondary N) is 2. The zero-order chi connectivity index (χ0) is 13.0. The Morgan fingerprint density at radius 3 is 2.61 bits per heavy atom. The molecule has 7 heteroatoms. The molecule has 1 aliphatic rings. The predicted molar refractivity (Wildman–Crippen MR) is 68.1 cm³/mol. The molecule has 0 bridgehead atoms. The van der Waals surface area contributed by atoms with E-state index in [0.29, 0.717) is 37.4 Å². The lowest BCUT2D eigenvalue weighted by Crippen LogP contribution is -2.48. The van der Waals surface area contributed by atoms with E-state index in [9.17, 15) is 8.42 Å². The van der Waals surface area contributed by atoms with E-state index in [-0.39, 0.29) is 0 Å². The lowest BCUT2D eigenvalue weighted by atomic mass is 10.2. The zero-order valence-electron chi connectivity index (χ0n) is 9.76. The number of piperazine rings is 1. The van der Waals surface area contributed by atoms with Crippen LogP contribution in [0.15, 0.2) is 24.3 Å². The molecule has 1 fully saturated rings. The summed E-state index contributed by atoms with van der Waals surface area (Å²) in [6.45, 7) is 2.15. The van der Waals surface area contributed by atoms with Gasteiger partial charge in [0.15, 0.2) is 0 Å². The average molecular weight is 266 g/mol. The fourth-order valence-corrected chi connectivity index (χ4v) is 3.01. The Hall–Kier alpha value is -1.62. The highest BCUT2D eigenvalue weighted by molar-refractivity contribution is 7.90. The van der Waals surface area contributed by atoms with E-state index in [4.69, 9.17) is 5.26 Å². The van der Waals surface area contributed by atoms with E-state index in [0.717, 1.165) is 0 Å².